The van der Waals surface area contributed by atoms with Crippen molar-refractivity contribution < 1.29 is 70.7 Å². The van der Waals surface area contributed by atoms with Gasteiger partial charge in [-0.05, 0) is 59.2 Å². The van der Waals surface area contributed by atoms with Gasteiger partial charge in [-0.25, -0.2) is 0 Å². The van der Waals surface area contributed by atoms with E-state index in [1.807, 2.05) is 0 Å². The zero-order chi connectivity index (χ0) is 33.2. The van der Waals surface area contributed by atoms with Crippen LogP contribution in [-0.4, -0.2) is 16.8 Å². The van der Waals surface area contributed by atoms with E-state index in [9.17, 15) is 0 Å². The summed E-state index contributed by atoms with van der Waals surface area (Å²) >= 11 is 2.43. The first-order valence-corrected chi connectivity index (χ1v) is 11.6. The van der Waals surface area contributed by atoms with Crippen molar-refractivity contribution in [2.75, 3.05) is 7.11 Å². The van der Waals surface area contributed by atoms with Crippen LogP contribution in [0.25, 0.3) is 0 Å². The Morgan fingerprint density at radius 3 is 0.725 bits per heavy atom. The molecule has 2 rings (SSSR count). The van der Waals surface area contributed by atoms with E-state index in [0.29, 0.717) is 11.3 Å². The van der Waals surface area contributed by atoms with Crippen LogP contribution in [0.5, 0.6) is 0 Å². The minimum Gasteiger partial charge on any atom is 3.00 e. The summed E-state index contributed by atoms with van der Waals surface area (Å²) in [4.78, 5) is 0. The van der Waals surface area contributed by atoms with E-state index < -0.39 is 0 Å². The van der Waals surface area contributed by atoms with Gasteiger partial charge in [-0.2, -0.15) is 0 Å². The predicted octanol–water partition coefficient (Wildman–Crippen LogP) is 6.54. The summed E-state index contributed by atoms with van der Waals surface area (Å²) in [6.07, 6.45) is 0. The second-order valence-corrected chi connectivity index (χ2v) is 8.40. The van der Waals surface area contributed by atoms with Crippen molar-refractivity contribution in [2.24, 2.45) is 0 Å². The summed E-state index contributed by atoms with van der Waals surface area (Å²) in [6, 6.07) is 0. The predicted molar refractivity (Wildman–Crippen MR) is 141 cm³/mol. The van der Waals surface area contributed by atoms with Gasteiger partial charge in [0.25, 0.3) is 0 Å². The number of hydrogen-bond acceptors (Lipinski definition) is 2. The molecule has 0 saturated heterocycles. The summed E-state index contributed by atoms with van der Waals surface area (Å²) in [5, 5.41) is 8.78. The largest absolute Gasteiger partial charge is 3.00 e. The second kappa shape index (κ2) is 34.4. The molecule has 7 nitrogen and oxygen atoms in total. The first-order valence-electron chi connectivity index (χ1n) is 10.9. The fourth-order valence-corrected chi connectivity index (χ4v) is 3.31. The fraction of sp³-hybridized carbons (Fsp3) is 0.387. The molecule has 2 aliphatic rings. The number of hydrogen-bond donors (Lipinski definition) is 1. The molecule has 1 N–H and O–H groups in total. The summed E-state index contributed by atoms with van der Waals surface area (Å²) < 4.78 is 42.4. The molecule has 40 heavy (non-hydrogen) atoms. The van der Waals surface area contributed by atoms with Crippen LogP contribution in [0, 0.1) is 99.4 Å². The van der Waals surface area contributed by atoms with Gasteiger partial charge < -0.3 is 0 Å². The Balaban J connectivity index is -0.0000000697. The van der Waals surface area contributed by atoms with Gasteiger partial charge in [0.15, 0.2) is 0 Å². The van der Waals surface area contributed by atoms with Crippen LogP contribution in [0.2, 0.25) is 0 Å². The average molecular weight is 624 g/mol. The maximum absolute atomic E-state index is 8.78. The zero-order valence-corrected chi connectivity index (χ0v) is 28.3. The molecule has 0 atom stereocenters. The zero-order valence-electron chi connectivity index (χ0n) is 25.5. The first-order chi connectivity index (χ1) is 18.2. The number of ether oxygens (including phenoxy) is 1. The van der Waals surface area contributed by atoms with Crippen LogP contribution in [0.1, 0.15) is 76.2 Å². The van der Waals surface area contributed by atoms with Gasteiger partial charge in [0.2, 0.25) is 0 Å². The Morgan fingerprint density at radius 1 is 0.550 bits per heavy atom. The molecular weight excluding hydrogens is 584 g/mol. The molecule has 0 aromatic heterocycles. The van der Waals surface area contributed by atoms with Gasteiger partial charge in [0.1, 0.15) is 0 Å². The summed E-state index contributed by atoms with van der Waals surface area (Å²) in [5.41, 5.74) is 0.498. The number of methoxy groups -OCH3 is 1. The second-order valence-electron chi connectivity index (χ2n) is 7.79. The van der Waals surface area contributed by atoms with E-state index in [-0.39, 0.29) is 26.3 Å². The fourth-order valence-electron chi connectivity index (χ4n) is 3.09. The third-order valence-corrected chi connectivity index (χ3v) is 7.00. The minimum atomic E-state index is 0. The van der Waals surface area contributed by atoms with Gasteiger partial charge >= 0.3 is 141 Å². The number of aliphatic hydroxyl groups excluding tert-OH is 1. The Bertz CT molecular complexity index is 603. The normalized spacial score (nSPS) is 17.3. The van der Waals surface area contributed by atoms with Gasteiger partial charge in [0.05, 0.1) is 0 Å². The maximum atomic E-state index is 8.78. The van der Waals surface area contributed by atoms with E-state index in [0.717, 1.165) is 0 Å². The van der Waals surface area contributed by atoms with E-state index >= 15 is 0 Å². The van der Waals surface area contributed by atoms with Crippen LogP contribution < -0.4 is 0 Å². The van der Waals surface area contributed by atoms with Crippen molar-refractivity contribution in [3.05, 3.63) is 111 Å². The van der Waals surface area contributed by atoms with Crippen LogP contribution in [0.3, 0.4) is 0 Å². The monoisotopic (exact) mass is 623 g/mol. The summed E-state index contributed by atoms with van der Waals surface area (Å²) in [6.45, 7) is 49.8. The molecule has 9 heteroatoms. The van der Waals surface area contributed by atoms with E-state index in [4.69, 9.17) is 33.1 Å². The van der Waals surface area contributed by atoms with Crippen LogP contribution in [0.4, 0.5) is 0 Å². The maximum Gasteiger partial charge on any atom is 3.00 e. The molecule has 0 unspecified atom stereocenters. The quantitative estimate of drug-likeness (QED) is 0.162. The molecule has 0 bridgehead atoms. The summed E-state index contributed by atoms with van der Waals surface area (Å²) in [7, 11) is 1.53. The molecule has 0 heterocycles. The van der Waals surface area contributed by atoms with E-state index in [1.165, 1.54) is 66.3 Å². The Labute approximate surface area is 268 Å². The van der Waals surface area contributed by atoms with Crippen LogP contribution in [0.15, 0.2) is 11.3 Å². The Kier molecular flexibility index (Phi) is 47.4. The SMILES string of the molecule is C[C]1[C](C)[C](C)[C](C)[C]1C.C[C]1[C](C)[C](C)[C](C)[C]1C.[C-]#[O+].[C-]#[O+].[C-]#[O+].[C-]#[O+].[C-]#[O+].[CH2-]/C([C](O)=[Cr])=C(/C)OC.[Ti+3]. The van der Waals surface area contributed by atoms with Gasteiger partial charge in [-0.1, -0.05) is 69.2 Å². The number of aliphatic hydroxyl groups is 1. The average Bonchev–Trinajstić information content (AvgIpc) is 3.27. The van der Waals surface area contributed by atoms with E-state index in [1.54, 1.807) is 6.92 Å². The molecule has 0 aliphatic heterocycles. The minimum absolute atomic E-state index is 0. The molecule has 0 aromatic carbocycles. The summed E-state index contributed by atoms with van der Waals surface area (Å²) in [5.74, 6) is 15.3. The number of allylic oxidation sites excluding steroid dienone is 1. The third-order valence-electron chi connectivity index (χ3n) is 6.61. The van der Waals surface area contributed by atoms with Gasteiger partial charge in [0, 0.05) is 0 Å². The molecule has 2 saturated carbocycles. The molecule has 2 aliphatic carbocycles. The van der Waals surface area contributed by atoms with Gasteiger partial charge in [-0.15, -0.1) is 0 Å². The van der Waals surface area contributed by atoms with Crippen molar-refractivity contribution in [3.63, 3.8) is 0 Å². The topological polar surface area (TPSA) is 129 Å². The standard InChI is InChI=1S/2C10H15.C6H9O2.5CO.Cr.Ti/c2*1-6-7(2)9(4)10(5)8(6)3;1-5(4-7)6(2)8-3;5*1-2;;/h2*1-5H3;7H,1H2,2-3H3;;;;;;;/q;;-1;;;;;;;+3/b;;6-5+;;;;;;;. The van der Waals surface area contributed by atoms with Crippen molar-refractivity contribution in [3.8, 4) is 0 Å². The third kappa shape index (κ3) is 20.1. The smallest absolute Gasteiger partial charge is 3.00 e. The van der Waals surface area contributed by atoms with Crippen molar-refractivity contribution >= 4 is 4.57 Å². The molecule has 0 aromatic rings. The van der Waals surface area contributed by atoms with Crippen LogP contribution in [-0.2, 0) is 65.6 Å². The molecule has 2 fully saturated rings. The first kappa shape index (κ1) is 55.2. The number of rotatable bonds is 2. The van der Waals surface area contributed by atoms with Crippen LogP contribution >= 0.6 is 0 Å². The molecule has 213 valence electrons. The van der Waals surface area contributed by atoms with Crippen molar-refractivity contribution in [1.82, 2.24) is 0 Å². The molecule has 0 spiro atoms. The van der Waals surface area contributed by atoms with Gasteiger partial charge in [-0.3, -0.25) is 0 Å². The van der Waals surface area contributed by atoms with Crippen molar-refractivity contribution in [2.45, 2.75) is 76.2 Å². The molecule has 11 radical (unpaired) electrons. The van der Waals surface area contributed by atoms with E-state index in [2.05, 4.69) is 125 Å². The molecular formula is C31H39CrO7Ti+2. The Hall–Kier alpha value is -0.813. The Morgan fingerprint density at radius 2 is 0.675 bits per heavy atom. The van der Waals surface area contributed by atoms with Crippen molar-refractivity contribution in [1.29, 1.82) is 0 Å². The molecule has 0 amide bonds.